The molecule has 0 aliphatic rings. The van der Waals surface area contributed by atoms with E-state index in [-0.39, 0.29) is 25.7 Å². The molecule has 89 heavy (non-hydrogen) atoms. The van der Waals surface area contributed by atoms with Crippen LogP contribution in [0.5, 0.6) is 0 Å². The summed E-state index contributed by atoms with van der Waals surface area (Å²) < 4.78 is 68.2. The van der Waals surface area contributed by atoms with E-state index in [2.05, 4.69) is 55.4 Å². The van der Waals surface area contributed by atoms with Crippen molar-refractivity contribution in [2.45, 2.75) is 363 Å². The summed E-state index contributed by atoms with van der Waals surface area (Å²) in [5, 5.41) is 10.6. The Kier molecular flexibility index (Phi) is 58.5. The standard InChI is InChI=1S/C70H136O17P2/c1-9-62(7)48-40-32-24-17-15-13-11-12-14-16-18-25-34-42-50-67(72)80-57-66(87-70(75)53-45-37-29-28-33-41-49-63(8)10-2)59-85-89(78,79)83-55-64(71)54-82-88(76,77)84-58-65(56-81-68(73)51-43-35-27-21-23-31-39-47-61(5)6)86-69(74)52-44-36-26-20-19-22-30-38-46-60(3)4/h60-66,71H,9-59H2,1-8H3,(H,76,77)(H,78,79)/t62?,63?,64?,65-,66-/m1/s1. The number of aliphatic hydroxyl groups excluding tert-OH is 1. The van der Waals surface area contributed by atoms with Gasteiger partial charge < -0.3 is 33.8 Å². The van der Waals surface area contributed by atoms with Crippen molar-refractivity contribution >= 4 is 39.5 Å². The van der Waals surface area contributed by atoms with E-state index < -0.39 is 97.5 Å². The summed E-state index contributed by atoms with van der Waals surface area (Å²) in [5.41, 5.74) is 0. The molecule has 17 nitrogen and oxygen atoms in total. The molecule has 0 aliphatic heterocycles. The SMILES string of the molecule is CCC(C)CCCCCCCCCCCCCCCCC(=O)OC[C@H](COP(=O)(O)OCC(O)COP(=O)(O)OC[C@@H](COC(=O)CCCCCCCCCC(C)C)OC(=O)CCCCCCCCCCC(C)C)OC(=O)CCCCCCCCC(C)CC. The predicted molar refractivity (Wildman–Crippen MR) is 358 cm³/mol. The maximum Gasteiger partial charge on any atom is 0.472 e. The van der Waals surface area contributed by atoms with Gasteiger partial charge >= 0.3 is 39.5 Å². The second-order valence-corrected chi connectivity index (χ2v) is 29.6. The summed E-state index contributed by atoms with van der Waals surface area (Å²) in [4.78, 5) is 72.5. The third kappa shape index (κ3) is 62.0. The lowest BCUT2D eigenvalue weighted by Crippen LogP contribution is -2.30. The zero-order chi connectivity index (χ0) is 66.1. The van der Waals surface area contributed by atoms with Gasteiger partial charge in [0.2, 0.25) is 0 Å². The van der Waals surface area contributed by atoms with Gasteiger partial charge in [0.05, 0.1) is 26.4 Å². The molecular weight excluding hydrogens is 1170 g/mol. The van der Waals surface area contributed by atoms with E-state index in [0.29, 0.717) is 31.6 Å². The van der Waals surface area contributed by atoms with E-state index >= 15 is 0 Å². The highest BCUT2D eigenvalue weighted by Crippen LogP contribution is 2.45. The number of phosphoric acid groups is 2. The average molecular weight is 1310 g/mol. The molecule has 0 amide bonds. The van der Waals surface area contributed by atoms with E-state index in [1.165, 1.54) is 141 Å². The minimum atomic E-state index is -4.95. The Balaban J connectivity index is 5.19. The van der Waals surface area contributed by atoms with Crippen LogP contribution in [0.15, 0.2) is 0 Å². The fourth-order valence-electron chi connectivity index (χ4n) is 10.4. The first-order valence-corrected chi connectivity index (χ1v) is 39.3. The van der Waals surface area contributed by atoms with Crippen molar-refractivity contribution in [3.8, 4) is 0 Å². The molecule has 0 aliphatic carbocycles. The van der Waals surface area contributed by atoms with Crippen LogP contribution in [0.25, 0.3) is 0 Å². The summed E-state index contributed by atoms with van der Waals surface area (Å²) in [5.74, 6) is 0.859. The maximum atomic E-state index is 13.0. The Morgan fingerprint density at radius 1 is 0.315 bits per heavy atom. The normalized spacial score (nSPS) is 14.9. The van der Waals surface area contributed by atoms with Crippen LogP contribution in [-0.2, 0) is 65.4 Å². The van der Waals surface area contributed by atoms with E-state index in [0.717, 1.165) is 114 Å². The number of carbonyl (C=O) groups excluding carboxylic acids is 4. The van der Waals surface area contributed by atoms with Crippen molar-refractivity contribution < 1.29 is 80.2 Å². The molecule has 0 fully saturated rings. The molecule has 5 unspecified atom stereocenters. The van der Waals surface area contributed by atoms with Gasteiger partial charge in [0, 0.05) is 25.7 Å². The lowest BCUT2D eigenvalue weighted by atomic mass is 9.99. The molecule has 0 heterocycles. The van der Waals surface area contributed by atoms with Crippen molar-refractivity contribution in [1.82, 2.24) is 0 Å². The third-order valence-corrected chi connectivity index (χ3v) is 18.7. The number of aliphatic hydroxyl groups is 1. The smallest absolute Gasteiger partial charge is 0.462 e. The van der Waals surface area contributed by atoms with Crippen LogP contribution in [0.3, 0.4) is 0 Å². The zero-order valence-electron chi connectivity index (χ0n) is 58.1. The van der Waals surface area contributed by atoms with E-state index in [9.17, 15) is 43.2 Å². The van der Waals surface area contributed by atoms with Gasteiger partial charge in [0.25, 0.3) is 0 Å². The fourth-order valence-corrected chi connectivity index (χ4v) is 12.0. The van der Waals surface area contributed by atoms with E-state index in [4.69, 9.17) is 37.0 Å². The molecule has 0 aromatic heterocycles. The number of ether oxygens (including phenoxy) is 4. The van der Waals surface area contributed by atoms with E-state index in [1.54, 1.807) is 0 Å². The van der Waals surface area contributed by atoms with Crippen LogP contribution in [0.2, 0.25) is 0 Å². The number of hydrogen-bond acceptors (Lipinski definition) is 15. The quantitative estimate of drug-likeness (QED) is 0.0222. The average Bonchev–Trinajstić information content (AvgIpc) is 3.70. The monoisotopic (exact) mass is 1310 g/mol. The van der Waals surface area contributed by atoms with Gasteiger partial charge in [0.1, 0.15) is 19.3 Å². The molecule has 0 saturated carbocycles. The number of esters is 4. The molecule has 0 saturated heterocycles. The third-order valence-electron chi connectivity index (χ3n) is 16.8. The number of unbranched alkanes of at least 4 members (excludes halogenated alkanes) is 31. The summed E-state index contributed by atoms with van der Waals surface area (Å²) in [6.45, 7) is 14.1. The van der Waals surface area contributed by atoms with Crippen LogP contribution in [0.1, 0.15) is 344 Å². The van der Waals surface area contributed by atoms with Crippen molar-refractivity contribution in [3.05, 3.63) is 0 Å². The lowest BCUT2D eigenvalue weighted by Gasteiger charge is -2.21. The van der Waals surface area contributed by atoms with Crippen LogP contribution in [-0.4, -0.2) is 96.7 Å². The topological polar surface area (TPSA) is 237 Å². The van der Waals surface area contributed by atoms with Crippen LogP contribution < -0.4 is 0 Å². The van der Waals surface area contributed by atoms with Gasteiger partial charge in [-0.15, -0.1) is 0 Å². The molecule has 0 bridgehead atoms. The largest absolute Gasteiger partial charge is 0.472 e. The Hall–Kier alpha value is -1.94. The highest BCUT2D eigenvalue weighted by atomic mass is 31.2. The second-order valence-electron chi connectivity index (χ2n) is 26.7. The predicted octanol–water partition coefficient (Wildman–Crippen LogP) is 19.7. The van der Waals surface area contributed by atoms with Gasteiger partial charge in [-0.3, -0.25) is 37.3 Å². The van der Waals surface area contributed by atoms with Crippen LogP contribution >= 0.6 is 15.6 Å². The summed E-state index contributed by atoms with van der Waals surface area (Å²) in [6, 6.07) is 0. The summed E-state index contributed by atoms with van der Waals surface area (Å²) in [7, 11) is -9.90. The summed E-state index contributed by atoms with van der Waals surface area (Å²) in [6.07, 6.45) is 41.9. The van der Waals surface area contributed by atoms with Crippen LogP contribution in [0, 0.1) is 23.7 Å². The van der Waals surface area contributed by atoms with Gasteiger partial charge in [-0.05, 0) is 49.4 Å². The second kappa shape index (κ2) is 59.8. The Labute approximate surface area is 543 Å². The van der Waals surface area contributed by atoms with Gasteiger partial charge in [-0.2, -0.15) is 0 Å². The molecule has 0 aromatic rings. The van der Waals surface area contributed by atoms with Crippen LogP contribution in [0.4, 0.5) is 0 Å². The van der Waals surface area contributed by atoms with Crippen molar-refractivity contribution in [2.24, 2.45) is 23.7 Å². The van der Waals surface area contributed by atoms with E-state index in [1.807, 2.05) is 0 Å². The Morgan fingerprint density at radius 2 is 0.539 bits per heavy atom. The Morgan fingerprint density at radius 3 is 0.798 bits per heavy atom. The summed E-state index contributed by atoms with van der Waals surface area (Å²) >= 11 is 0. The number of hydrogen-bond donors (Lipinski definition) is 3. The van der Waals surface area contributed by atoms with Crippen molar-refractivity contribution in [2.75, 3.05) is 39.6 Å². The lowest BCUT2D eigenvalue weighted by molar-refractivity contribution is -0.161. The molecular formula is C70H136O17P2. The highest BCUT2D eigenvalue weighted by Gasteiger charge is 2.30. The van der Waals surface area contributed by atoms with Gasteiger partial charge in [-0.1, -0.05) is 293 Å². The first-order valence-electron chi connectivity index (χ1n) is 36.3. The first-order chi connectivity index (χ1) is 42.7. The molecule has 19 heteroatoms. The van der Waals surface area contributed by atoms with Crippen molar-refractivity contribution in [1.29, 1.82) is 0 Å². The number of carbonyl (C=O) groups is 4. The molecule has 528 valence electrons. The Bertz CT molecular complexity index is 1770. The molecule has 0 radical (unpaired) electrons. The van der Waals surface area contributed by atoms with Crippen molar-refractivity contribution in [3.63, 3.8) is 0 Å². The zero-order valence-corrected chi connectivity index (χ0v) is 59.8. The molecule has 0 spiro atoms. The molecule has 0 aromatic carbocycles. The number of rotatable bonds is 67. The maximum absolute atomic E-state index is 13.0. The molecule has 7 atom stereocenters. The molecule has 3 N–H and O–H groups in total. The minimum absolute atomic E-state index is 0.103. The van der Waals surface area contributed by atoms with Gasteiger partial charge in [-0.25, -0.2) is 9.13 Å². The number of phosphoric ester groups is 2. The fraction of sp³-hybridized carbons (Fsp3) is 0.943. The van der Waals surface area contributed by atoms with Gasteiger partial charge in [0.15, 0.2) is 12.2 Å². The highest BCUT2D eigenvalue weighted by molar-refractivity contribution is 7.47. The minimum Gasteiger partial charge on any atom is -0.462 e. The first kappa shape index (κ1) is 87.1. The molecule has 0 rings (SSSR count).